The Bertz CT molecular complexity index is 577. The highest BCUT2D eigenvalue weighted by molar-refractivity contribution is 5.41. The quantitative estimate of drug-likeness (QED) is 0.912. The first-order valence-electron chi connectivity index (χ1n) is 7.28. The molecule has 0 bridgehead atoms. The number of rotatable bonds is 4. The molecular formula is C18H20O2. The zero-order valence-electron chi connectivity index (χ0n) is 11.8. The van der Waals surface area contributed by atoms with Crippen LogP contribution in [0.25, 0.3) is 0 Å². The summed E-state index contributed by atoms with van der Waals surface area (Å²) < 4.78 is 5.52. The third-order valence-corrected chi connectivity index (χ3v) is 4.10. The Hall–Kier alpha value is -1.80. The molecule has 0 saturated carbocycles. The number of hydrogen-bond donors (Lipinski definition) is 1. The fourth-order valence-electron chi connectivity index (χ4n) is 2.96. The van der Waals surface area contributed by atoms with Gasteiger partial charge in [-0.1, -0.05) is 43.3 Å². The summed E-state index contributed by atoms with van der Waals surface area (Å²) >= 11 is 0. The van der Waals surface area contributed by atoms with E-state index in [4.69, 9.17) is 4.74 Å². The summed E-state index contributed by atoms with van der Waals surface area (Å²) in [5, 5.41) is 10.7. The molecule has 3 rings (SSSR count). The lowest BCUT2D eigenvalue weighted by Gasteiger charge is -2.23. The Balaban J connectivity index is 1.89. The van der Waals surface area contributed by atoms with Crippen LogP contribution in [0.1, 0.15) is 42.1 Å². The standard InChI is InChI=1S/C18H20O2/c1-2-16(13-6-4-3-5-7-13)18(19)15-8-9-17-14(12-15)10-11-20-17/h3-9,12,16,18-19H,2,10-11H2,1H3. The Labute approximate surface area is 120 Å². The van der Waals surface area contributed by atoms with Gasteiger partial charge in [0.1, 0.15) is 5.75 Å². The molecule has 0 fully saturated rings. The van der Waals surface area contributed by atoms with Crippen molar-refractivity contribution >= 4 is 0 Å². The van der Waals surface area contributed by atoms with Crippen LogP contribution in [0.5, 0.6) is 5.75 Å². The van der Waals surface area contributed by atoms with Gasteiger partial charge in [0.05, 0.1) is 12.7 Å². The van der Waals surface area contributed by atoms with Crippen molar-refractivity contribution in [2.45, 2.75) is 31.8 Å². The smallest absolute Gasteiger partial charge is 0.122 e. The number of hydrogen-bond acceptors (Lipinski definition) is 2. The summed E-state index contributed by atoms with van der Waals surface area (Å²) in [6.45, 7) is 2.88. The van der Waals surface area contributed by atoms with E-state index in [9.17, 15) is 5.11 Å². The summed E-state index contributed by atoms with van der Waals surface area (Å²) in [6.07, 6.45) is 1.39. The van der Waals surface area contributed by atoms with Crippen molar-refractivity contribution in [3.8, 4) is 5.75 Å². The molecule has 2 heteroatoms. The molecule has 0 amide bonds. The first kappa shape index (κ1) is 13.2. The third-order valence-electron chi connectivity index (χ3n) is 4.10. The van der Waals surface area contributed by atoms with E-state index in [1.54, 1.807) is 0 Å². The summed E-state index contributed by atoms with van der Waals surface area (Å²) in [5.41, 5.74) is 3.40. The molecule has 0 aliphatic carbocycles. The van der Waals surface area contributed by atoms with Gasteiger partial charge in [0.15, 0.2) is 0 Å². The van der Waals surface area contributed by atoms with E-state index in [2.05, 4.69) is 25.1 Å². The average molecular weight is 268 g/mol. The van der Waals surface area contributed by atoms with Crippen LogP contribution in [-0.2, 0) is 6.42 Å². The van der Waals surface area contributed by atoms with Gasteiger partial charge < -0.3 is 9.84 Å². The molecule has 2 aromatic carbocycles. The monoisotopic (exact) mass is 268 g/mol. The maximum Gasteiger partial charge on any atom is 0.122 e. The van der Waals surface area contributed by atoms with Crippen molar-refractivity contribution in [1.29, 1.82) is 0 Å². The Morgan fingerprint density at radius 1 is 1.10 bits per heavy atom. The third kappa shape index (κ3) is 2.44. The van der Waals surface area contributed by atoms with Gasteiger partial charge in [-0.2, -0.15) is 0 Å². The molecule has 0 aromatic heterocycles. The molecule has 1 N–H and O–H groups in total. The van der Waals surface area contributed by atoms with E-state index in [0.29, 0.717) is 0 Å². The largest absolute Gasteiger partial charge is 0.493 e. The minimum Gasteiger partial charge on any atom is -0.493 e. The van der Waals surface area contributed by atoms with Crippen LogP contribution >= 0.6 is 0 Å². The molecule has 0 radical (unpaired) electrons. The summed E-state index contributed by atoms with van der Waals surface area (Å²) in [5.74, 6) is 1.10. The predicted molar refractivity (Wildman–Crippen MR) is 80.1 cm³/mol. The molecule has 2 nitrogen and oxygen atoms in total. The first-order chi connectivity index (χ1) is 9.79. The van der Waals surface area contributed by atoms with Gasteiger partial charge in [-0.15, -0.1) is 0 Å². The molecule has 0 spiro atoms. The lowest BCUT2D eigenvalue weighted by atomic mass is 9.86. The normalized spacial score (nSPS) is 16.3. The Morgan fingerprint density at radius 3 is 2.65 bits per heavy atom. The maximum absolute atomic E-state index is 10.7. The lowest BCUT2D eigenvalue weighted by molar-refractivity contribution is 0.142. The van der Waals surface area contributed by atoms with Crippen molar-refractivity contribution < 1.29 is 9.84 Å². The van der Waals surface area contributed by atoms with Gasteiger partial charge in [-0.05, 0) is 35.2 Å². The number of aliphatic hydroxyl groups excluding tert-OH is 1. The van der Waals surface area contributed by atoms with Gasteiger partial charge in [-0.25, -0.2) is 0 Å². The van der Waals surface area contributed by atoms with Gasteiger partial charge in [-0.3, -0.25) is 0 Å². The average Bonchev–Trinajstić information content (AvgIpc) is 2.96. The minimum absolute atomic E-state index is 0.136. The molecule has 2 aromatic rings. The summed E-state index contributed by atoms with van der Waals surface area (Å²) in [4.78, 5) is 0. The predicted octanol–water partition coefficient (Wildman–Crippen LogP) is 3.85. The number of aliphatic hydroxyl groups is 1. The second kappa shape index (κ2) is 5.68. The van der Waals surface area contributed by atoms with Gasteiger partial charge in [0.25, 0.3) is 0 Å². The molecule has 0 saturated heterocycles. The molecule has 2 atom stereocenters. The van der Waals surface area contributed by atoms with E-state index < -0.39 is 6.10 Å². The van der Waals surface area contributed by atoms with Crippen molar-refractivity contribution in [2.75, 3.05) is 6.61 Å². The fourth-order valence-corrected chi connectivity index (χ4v) is 2.96. The molecule has 1 heterocycles. The SMILES string of the molecule is CCC(c1ccccc1)C(O)c1ccc2c(c1)CCO2. The van der Waals surface area contributed by atoms with Crippen LogP contribution in [0.15, 0.2) is 48.5 Å². The Kier molecular flexibility index (Phi) is 3.75. The number of ether oxygens (including phenoxy) is 1. The second-order valence-corrected chi connectivity index (χ2v) is 5.34. The topological polar surface area (TPSA) is 29.5 Å². The fraction of sp³-hybridized carbons (Fsp3) is 0.333. The van der Waals surface area contributed by atoms with Crippen molar-refractivity contribution in [3.05, 3.63) is 65.2 Å². The van der Waals surface area contributed by atoms with Crippen LogP contribution in [0.2, 0.25) is 0 Å². The van der Waals surface area contributed by atoms with E-state index in [-0.39, 0.29) is 5.92 Å². The summed E-state index contributed by atoms with van der Waals surface area (Å²) in [6, 6.07) is 16.3. The van der Waals surface area contributed by atoms with Crippen LogP contribution in [0.4, 0.5) is 0 Å². The number of fused-ring (bicyclic) bond motifs is 1. The van der Waals surface area contributed by atoms with E-state index in [1.807, 2.05) is 30.3 Å². The maximum atomic E-state index is 10.7. The first-order valence-corrected chi connectivity index (χ1v) is 7.28. The number of benzene rings is 2. The van der Waals surface area contributed by atoms with Crippen LogP contribution in [0.3, 0.4) is 0 Å². The highest BCUT2D eigenvalue weighted by Gasteiger charge is 2.23. The molecule has 2 unspecified atom stereocenters. The zero-order valence-corrected chi connectivity index (χ0v) is 11.8. The van der Waals surface area contributed by atoms with Crippen LogP contribution in [-0.4, -0.2) is 11.7 Å². The Morgan fingerprint density at radius 2 is 1.90 bits per heavy atom. The molecule has 1 aliphatic heterocycles. The van der Waals surface area contributed by atoms with Crippen molar-refractivity contribution in [1.82, 2.24) is 0 Å². The zero-order chi connectivity index (χ0) is 13.9. The van der Waals surface area contributed by atoms with E-state index in [0.717, 1.165) is 30.8 Å². The van der Waals surface area contributed by atoms with Gasteiger partial charge >= 0.3 is 0 Å². The molecule has 1 aliphatic rings. The highest BCUT2D eigenvalue weighted by Crippen LogP contribution is 2.36. The van der Waals surface area contributed by atoms with Crippen molar-refractivity contribution in [3.63, 3.8) is 0 Å². The van der Waals surface area contributed by atoms with Gasteiger partial charge in [0.2, 0.25) is 0 Å². The molecular weight excluding hydrogens is 248 g/mol. The highest BCUT2D eigenvalue weighted by atomic mass is 16.5. The van der Waals surface area contributed by atoms with Crippen molar-refractivity contribution in [2.24, 2.45) is 0 Å². The van der Waals surface area contributed by atoms with E-state index in [1.165, 1.54) is 11.1 Å². The second-order valence-electron chi connectivity index (χ2n) is 5.34. The summed E-state index contributed by atoms with van der Waals surface area (Å²) in [7, 11) is 0. The molecule has 20 heavy (non-hydrogen) atoms. The van der Waals surface area contributed by atoms with Gasteiger partial charge in [0, 0.05) is 12.3 Å². The lowest BCUT2D eigenvalue weighted by Crippen LogP contribution is -2.10. The molecule has 104 valence electrons. The van der Waals surface area contributed by atoms with E-state index >= 15 is 0 Å². The minimum atomic E-state index is -0.465. The van der Waals surface area contributed by atoms with Crippen LogP contribution in [0, 0.1) is 0 Å². The van der Waals surface area contributed by atoms with Crippen LogP contribution < -0.4 is 4.74 Å².